The SMILES string of the molecule is O=C(CCC(=O)c1ccc2c(c1)CCCC2)NNC(=O)c1cccnc1. The number of benzene rings is 1. The minimum absolute atomic E-state index is 0.0171. The van der Waals surface area contributed by atoms with Crippen LogP contribution >= 0.6 is 0 Å². The van der Waals surface area contributed by atoms with Crippen molar-refractivity contribution in [3.63, 3.8) is 0 Å². The molecular formula is C20H21N3O3. The topological polar surface area (TPSA) is 88.2 Å². The van der Waals surface area contributed by atoms with Gasteiger partial charge in [0.2, 0.25) is 5.91 Å². The lowest BCUT2D eigenvalue weighted by atomic mass is 9.89. The van der Waals surface area contributed by atoms with Gasteiger partial charge in [-0.25, -0.2) is 0 Å². The molecule has 0 aliphatic heterocycles. The van der Waals surface area contributed by atoms with Crippen molar-refractivity contribution in [3.05, 3.63) is 65.0 Å². The number of ketones is 1. The maximum absolute atomic E-state index is 12.3. The minimum atomic E-state index is -0.451. The van der Waals surface area contributed by atoms with Gasteiger partial charge in [-0.15, -0.1) is 0 Å². The summed E-state index contributed by atoms with van der Waals surface area (Å²) in [7, 11) is 0. The third-order valence-corrected chi connectivity index (χ3v) is 4.49. The molecule has 0 fully saturated rings. The van der Waals surface area contributed by atoms with E-state index in [0.717, 1.165) is 19.3 Å². The van der Waals surface area contributed by atoms with Crippen LogP contribution < -0.4 is 10.9 Å². The summed E-state index contributed by atoms with van der Waals surface area (Å²) in [5.41, 5.74) is 8.20. The van der Waals surface area contributed by atoms with Crippen molar-refractivity contribution in [1.29, 1.82) is 0 Å². The Balaban J connectivity index is 1.47. The van der Waals surface area contributed by atoms with Gasteiger partial charge in [-0.2, -0.15) is 0 Å². The number of nitrogens with zero attached hydrogens (tertiary/aromatic N) is 1. The molecule has 0 saturated heterocycles. The van der Waals surface area contributed by atoms with Gasteiger partial charge in [0.15, 0.2) is 5.78 Å². The Morgan fingerprint density at radius 1 is 0.923 bits per heavy atom. The molecule has 1 aliphatic carbocycles. The van der Waals surface area contributed by atoms with E-state index in [-0.39, 0.29) is 18.6 Å². The van der Waals surface area contributed by atoms with Gasteiger partial charge in [0.1, 0.15) is 0 Å². The van der Waals surface area contributed by atoms with Gasteiger partial charge in [0, 0.05) is 30.8 Å². The number of hydrazine groups is 1. The van der Waals surface area contributed by atoms with Gasteiger partial charge in [-0.1, -0.05) is 12.1 Å². The number of Topliss-reactive ketones (excluding diaryl/α,β-unsaturated/α-hetero) is 1. The molecule has 0 bridgehead atoms. The number of fused-ring (bicyclic) bond motifs is 1. The lowest BCUT2D eigenvalue weighted by Gasteiger charge is -2.16. The fraction of sp³-hybridized carbons (Fsp3) is 0.300. The van der Waals surface area contributed by atoms with Crippen LogP contribution in [-0.2, 0) is 17.6 Å². The number of carbonyl (C=O) groups is 3. The Bertz CT molecular complexity index is 818. The fourth-order valence-corrected chi connectivity index (χ4v) is 3.04. The highest BCUT2D eigenvalue weighted by Crippen LogP contribution is 2.22. The largest absolute Gasteiger partial charge is 0.294 e. The summed E-state index contributed by atoms with van der Waals surface area (Å²) in [6.07, 6.45) is 7.52. The second kappa shape index (κ2) is 8.38. The number of rotatable bonds is 5. The smallest absolute Gasteiger partial charge is 0.271 e. The number of hydrogen-bond acceptors (Lipinski definition) is 4. The van der Waals surface area contributed by atoms with Crippen LogP contribution in [0, 0.1) is 0 Å². The van der Waals surface area contributed by atoms with Crippen LogP contribution in [0.15, 0.2) is 42.7 Å². The van der Waals surface area contributed by atoms with Crippen LogP contribution in [-0.4, -0.2) is 22.6 Å². The highest BCUT2D eigenvalue weighted by molar-refractivity contribution is 5.99. The van der Waals surface area contributed by atoms with Crippen molar-refractivity contribution in [2.24, 2.45) is 0 Å². The predicted molar refractivity (Wildman–Crippen MR) is 96.5 cm³/mol. The van der Waals surface area contributed by atoms with Gasteiger partial charge in [0.25, 0.3) is 5.91 Å². The number of pyridine rings is 1. The molecule has 0 spiro atoms. The highest BCUT2D eigenvalue weighted by Gasteiger charge is 2.14. The molecule has 2 aromatic rings. The molecule has 0 saturated carbocycles. The molecule has 2 N–H and O–H groups in total. The van der Waals surface area contributed by atoms with E-state index in [1.54, 1.807) is 18.3 Å². The molecule has 26 heavy (non-hydrogen) atoms. The minimum Gasteiger partial charge on any atom is -0.294 e. The van der Waals surface area contributed by atoms with Crippen LogP contribution in [0.4, 0.5) is 0 Å². The number of carbonyl (C=O) groups excluding carboxylic acids is 3. The molecule has 2 amide bonds. The molecule has 0 unspecified atom stereocenters. The maximum Gasteiger partial charge on any atom is 0.271 e. The van der Waals surface area contributed by atoms with E-state index in [2.05, 4.69) is 15.8 Å². The number of amides is 2. The first-order valence-electron chi connectivity index (χ1n) is 8.78. The first-order chi connectivity index (χ1) is 12.6. The summed E-state index contributed by atoms with van der Waals surface area (Å²) >= 11 is 0. The van der Waals surface area contributed by atoms with Crippen LogP contribution in [0.1, 0.15) is 57.5 Å². The molecular weight excluding hydrogens is 330 g/mol. The molecule has 134 valence electrons. The van der Waals surface area contributed by atoms with E-state index in [4.69, 9.17) is 0 Å². The fourth-order valence-electron chi connectivity index (χ4n) is 3.04. The third kappa shape index (κ3) is 4.53. The van der Waals surface area contributed by atoms with Gasteiger partial charge in [-0.05, 0) is 55.0 Å². The van der Waals surface area contributed by atoms with Crippen LogP contribution in [0.3, 0.4) is 0 Å². The lowest BCUT2D eigenvalue weighted by molar-refractivity contribution is -0.121. The zero-order chi connectivity index (χ0) is 18.4. The second-order valence-electron chi connectivity index (χ2n) is 6.36. The summed E-state index contributed by atoms with van der Waals surface area (Å²) in [6.45, 7) is 0. The zero-order valence-corrected chi connectivity index (χ0v) is 14.5. The Labute approximate surface area is 152 Å². The number of aryl methyl sites for hydroxylation is 2. The normalized spacial score (nSPS) is 12.8. The Morgan fingerprint density at radius 2 is 1.73 bits per heavy atom. The predicted octanol–water partition coefficient (Wildman–Crippen LogP) is 2.38. The van der Waals surface area contributed by atoms with E-state index in [9.17, 15) is 14.4 Å². The van der Waals surface area contributed by atoms with Crippen LogP contribution in [0.5, 0.6) is 0 Å². The van der Waals surface area contributed by atoms with E-state index >= 15 is 0 Å². The summed E-state index contributed by atoms with van der Waals surface area (Å²) in [5.74, 6) is -0.923. The summed E-state index contributed by atoms with van der Waals surface area (Å²) in [6, 6.07) is 9.05. The average molecular weight is 351 g/mol. The van der Waals surface area contributed by atoms with Crippen molar-refractivity contribution in [2.75, 3.05) is 0 Å². The Kier molecular flexibility index (Phi) is 5.73. The number of aromatic nitrogens is 1. The molecule has 6 heteroatoms. The van der Waals surface area contributed by atoms with Crippen LogP contribution in [0.2, 0.25) is 0 Å². The maximum atomic E-state index is 12.3. The van der Waals surface area contributed by atoms with Gasteiger partial charge >= 0.3 is 0 Å². The third-order valence-electron chi connectivity index (χ3n) is 4.49. The Morgan fingerprint density at radius 3 is 2.50 bits per heavy atom. The first-order valence-corrected chi connectivity index (χ1v) is 8.78. The van der Waals surface area contributed by atoms with E-state index in [1.807, 2.05) is 18.2 Å². The first kappa shape index (κ1) is 17.8. The second-order valence-corrected chi connectivity index (χ2v) is 6.36. The lowest BCUT2D eigenvalue weighted by Crippen LogP contribution is -2.41. The quantitative estimate of drug-likeness (QED) is 0.639. The van der Waals surface area contributed by atoms with Crippen molar-refractivity contribution in [1.82, 2.24) is 15.8 Å². The summed E-state index contributed by atoms with van der Waals surface area (Å²) < 4.78 is 0. The Hall–Kier alpha value is -3.02. The van der Waals surface area contributed by atoms with Crippen LogP contribution in [0.25, 0.3) is 0 Å². The average Bonchev–Trinajstić information content (AvgIpc) is 2.70. The van der Waals surface area contributed by atoms with Gasteiger partial charge in [0.05, 0.1) is 5.56 Å². The zero-order valence-electron chi connectivity index (χ0n) is 14.5. The number of nitrogens with one attached hydrogen (secondary N) is 2. The molecule has 0 radical (unpaired) electrons. The number of hydrogen-bond donors (Lipinski definition) is 2. The van der Waals surface area contributed by atoms with E-state index in [0.29, 0.717) is 11.1 Å². The molecule has 1 heterocycles. The molecule has 1 aliphatic rings. The van der Waals surface area contributed by atoms with Gasteiger partial charge < -0.3 is 0 Å². The van der Waals surface area contributed by atoms with Crippen molar-refractivity contribution in [2.45, 2.75) is 38.5 Å². The summed E-state index contributed by atoms with van der Waals surface area (Å²) in [4.78, 5) is 39.8. The van der Waals surface area contributed by atoms with Crippen molar-refractivity contribution in [3.8, 4) is 0 Å². The van der Waals surface area contributed by atoms with E-state index in [1.165, 1.54) is 23.7 Å². The molecule has 0 atom stereocenters. The summed E-state index contributed by atoms with van der Waals surface area (Å²) in [5, 5.41) is 0. The standard InChI is InChI=1S/C20H21N3O3/c24-18(16-8-7-14-4-1-2-5-15(14)12-16)9-10-19(25)22-23-20(26)17-6-3-11-21-13-17/h3,6-8,11-13H,1-2,4-5,9-10H2,(H,22,25)(H,23,26). The van der Waals surface area contributed by atoms with Crippen molar-refractivity contribution < 1.29 is 14.4 Å². The molecule has 1 aromatic carbocycles. The van der Waals surface area contributed by atoms with Crippen molar-refractivity contribution >= 4 is 17.6 Å². The molecule has 3 rings (SSSR count). The monoisotopic (exact) mass is 351 g/mol. The highest BCUT2D eigenvalue weighted by atomic mass is 16.2. The molecule has 6 nitrogen and oxygen atoms in total. The van der Waals surface area contributed by atoms with Gasteiger partial charge in [-0.3, -0.25) is 30.2 Å². The van der Waals surface area contributed by atoms with E-state index < -0.39 is 11.8 Å². The molecule has 1 aromatic heterocycles.